The van der Waals surface area contributed by atoms with E-state index in [0.29, 0.717) is 38.5 Å². The van der Waals surface area contributed by atoms with Gasteiger partial charge < -0.3 is 68.5 Å². The molecule has 0 bridgehead atoms. The highest BCUT2D eigenvalue weighted by Crippen LogP contribution is 2.26. The van der Waals surface area contributed by atoms with Gasteiger partial charge in [0, 0.05) is 26.4 Å². The third-order valence-electron chi connectivity index (χ3n) is 16.0. The van der Waals surface area contributed by atoms with Crippen LogP contribution in [0.1, 0.15) is 188 Å². The van der Waals surface area contributed by atoms with E-state index in [2.05, 4.69) is 47.9 Å². The van der Waals surface area contributed by atoms with Crippen LogP contribution in [0.5, 0.6) is 0 Å². The molecule has 11 unspecified atom stereocenters. The molecule has 84 heavy (non-hydrogen) atoms. The summed E-state index contributed by atoms with van der Waals surface area (Å²) in [5.41, 5.74) is 0.818. The predicted molar refractivity (Wildman–Crippen MR) is 316 cm³/mol. The predicted octanol–water partition coefficient (Wildman–Crippen LogP) is 1.07. The number of aliphatic hydroxyl groups is 1. The van der Waals surface area contributed by atoms with E-state index in [0.717, 1.165) is 0 Å². The normalized spacial score (nSPS) is 19.1. The highest BCUT2D eigenvalue weighted by Gasteiger charge is 2.46. The molecule has 0 saturated carbocycles. The zero-order valence-corrected chi connectivity index (χ0v) is 53.2. The van der Waals surface area contributed by atoms with Crippen LogP contribution in [0.2, 0.25) is 0 Å². The summed E-state index contributed by atoms with van der Waals surface area (Å²) in [7, 11) is 0. The van der Waals surface area contributed by atoms with E-state index >= 15 is 0 Å². The van der Waals surface area contributed by atoms with Gasteiger partial charge in [-0.15, -0.1) is 0 Å². The number of likely N-dealkylation sites (tertiary alicyclic amines) is 2. The number of carbonyl (C=O) groups is 12. The van der Waals surface area contributed by atoms with Crippen molar-refractivity contribution >= 4 is 70.9 Å². The minimum atomic E-state index is -1.66. The van der Waals surface area contributed by atoms with Gasteiger partial charge in [0.25, 0.3) is 0 Å². The van der Waals surface area contributed by atoms with Gasteiger partial charge in [-0.1, -0.05) is 89.0 Å². The number of nitrogens with one attached hydrogen (secondary N) is 9. The Kier molecular flexibility index (Phi) is 28.7. The van der Waals surface area contributed by atoms with Crippen molar-refractivity contribution < 1.29 is 62.6 Å². The van der Waals surface area contributed by atoms with Gasteiger partial charge in [0.1, 0.15) is 58.9 Å². The third kappa shape index (κ3) is 21.3. The van der Waals surface area contributed by atoms with Crippen LogP contribution < -0.4 is 53.6 Å². The van der Waals surface area contributed by atoms with E-state index in [1.807, 2.05) is 34.6 Å². The van der Waals surface area contributed by atoms with Gasteiger partial charge in [-0.05, 0) is 116 Å². The maximum Gasteiger partial charge on any atom is 0.248 e. The average Bonchev–Trinajstić information content (AvgIpc) is 4.03. The van der Waals surface area contributed by atoms with Crippen molar-refractivity contribution in [2.24, 2.45) is 35.3 Å². The van der Waals surface area contributed by atoms with Crippen LogP contribution in [0.4, 0.5) is 0 Å². The Morgan fingerprint density at radius 2 is 1.00 bits per heavy atom. The van der Waals surface area contributed by atoms with Gasteiger partial charge in [0.15, 0.2) is 0 Å². The summed E-state index contributed by atoms with van der Waals surface area (Å²) in [6, 6.07) is -8.52. The van der Waals surface area contributed by atoms with E-state index in [9.17, 15) is 62.6 Å². The molecule has 2 heterocycles. The van der Waals surface area contributed by atoms with E-state index in [1.54, 1.807) is 41.5 Å². The summed E-state index contributed by atoms with van der Waals surface area (Å²) >= 11 is 0. The molecular weight excluding hydrogens is 1080 g/mol. The molecule has 12 N–H and O–H groups in total. The first-order valence-electron chi connectivity index (χ1n) is 30.2. The first kappa shape index (κ1) is 73.7. The highest BCUT2D eigenvalue weighted by molar-refractivity contribution is 6.01. The fraction of sp³-hybridized carbons (Fsp3) is 0.797. The summed E-state index contributed by atoms with van der Waals surface area (Å²) in [5, 5.41) is 34.6. The number of nitrogens with zero attached hydrogens (tertiary/aromatic N) is 2. The van der Waals surface area contributed by atoms with Crippen molar-refractivity contribution in [1.82, 2.24) is 57.7 Å². The molecule has 0 aromatic carbocycles. The molecule has 2 aliphatic heterocycles. The van der Waals surface area contributed by atoms with Crippen molar-refractivity contribution in [1.29, 1.82) is 0 Å². The van der Waals surface area contributed by atoms with Crippen LogP contribution in [-0.2, 0) is 57.5 Å². The lowest BCUT2D eigenvalue weighted by molar-refractivity contribution is -0.146. The number of rotatable bonds is 33. The van der Waals surface area contributed by atoms with E-state index in [4.69, 9.17) is 5.73 Å². The average molecular weight is 1190 g/mol. The fourth-order valence-electron chi connectivity index (χ4n) is 10.4. The summed E-state index contributed by atoms with van der Waals surface area (Å²) in [6.07, 6.45) is 2.77. The lowest BCUT2D eigenvalue weighted by Crippen LogP contribution is -2.65. The number of primary amides is 1. The number of carbonyl (C=O) groups excluding carboxylic acids is 12. The van der Waals surface area contributed by atoms with Gasteiger partial charge in [-0.25, -0.2) is 0 Å². The lowest BCUT2D eigenvalue weighted by Gasteiger charge is -2.36. The van der Waals surface area contributed by atoms with E-state index < -0.39 is 148 Å². The van der Waals surface area contributed by atoms with Gasteiger partial charge in [-0.3, -0.25) is 57.5 Å². The topological polar surface area (TPSA) is 366 Å². The second kappa shape index (κ2) is 32.8. The van der Waals surface area contributed by atoms with Crippen molar-refractivity contribution in [3.63, 3.8) is 0 Å². The second-order valence-corrected chi connectivity index (χ2v) is 25.6. The summed E-state index contributed by atoms with van der Waals surface area (Å²) in [6.45, 7) is 28.6. The summed E-state index contributed by atoms with van der Waals surface area (Å²) in [5.74, 6) is -9.12. The molecule has 25 nitrogen and oxygen atoms in total. The molecule has 2 saturated heterocycles. The molecule has 2 fully saturated rings. The Morgan fingerprint density at radius 3 is 1.43 bits per heavy atom. The van der Waals surface area contributed by atoms with Gasteiger partial charge in [-0.2, -0.15) is 0 Å². The molecule has 0 aliphatic carbocycles. The first-order valence-corrected chi connectivity index (χ1v) is 30.2. The Bertz CT molecular complexity index is 2340. The molecule has 0 spiro atoms. The van der Waals surface area contributed by atoms with Crippen molar-refractivity contribution in [2.75, 3.05) is 19.7 Å². The quantitative estimate of drug-likeness (QED) is 0.0439. The Morgan fingerprint density at radius 1 is 0.548 bits per heavy atom. The molecule has 12 amide bonds. The SMILES string of the molecule is CCC(C)C(NC(=O)C(CCC(N)=O)NC(=O)C(C)(CC)NC(C)=O)C(=O)NC(C(=O)NC(C)(C)C(=O)N1CCCC1C(=O)NC(C(=O)NC(CC(C)C)C(=O)NC(C)(C)C(=O)N1CCCC1C(=O)NC(CO)CC(C)C)C(C)CC)C(C)C. The number of nitrogens with two attached hydrogens (primary N) is 1. The third-order valence-corrected chi connectivity index (χ3v) is 16.0. The van der Waals surface area contributed by atoms with Crippen LogP contribution >= 0.6 is 0 Å². The van der Waals surface area contributed by atoms with Crippen LogP contribution in [0, 0.1) is 29.6 Å². The van der Waals surface area contributed by atoms with E-state index in [1.165, 1.54) is 51.3 Å². The number of hydrogen-bond acceptors (Lipinski definition) is 13. The molecule has 2 rings (SSSR count). The molecule has 478 valence electrons. The molecule has 0 aromatic rings. The van der Waals surface area contributed by atoms with Crippen LogP contribution in [0.25, 0.3) is 0 Å². The summed E-state index contributed by atoms with van der Waals surface area (Å²) in [4.78, 5) is 167. The zero-order valence-electron chi connectivity index (χ0n) is 53.2. The Balaban J connectivity index is 2.31. The highest BCUT2D eigenvalue weighted by atomic mass is 16.3. The molecule has 25 heteroatoms. The van der Waals surface area contributed by atoms with Crippen molar-refractivity contribution in [3.8, 4) is 0 Å². The Labute approximate surface area is 497 Å². The second-order valence-electron chi connectivity index (χ2n) is 25.6. The van der Waals surface area contributed by atoms with Gasteiger partial charge >= 0.3 is 0 Å². The number of aliphatic hydroxyl groups excluding tert-OH is 1. The molecule has 0 aromatic heterocycles. The van der Waals surface area contributed by atoms with Crippen molar-refractivity contribution in [3.05, 3.63) is 0 Å². The fourth-order valence-corrected chi connectivity index (χ4v) is 10.4. The van der Waals surface area contributed by atoms with Crippen LogP contribution in [0.15, 0.2) is 0 Å². The number of hydrogen-bond donors (Lipinski definition) is 11. The van der Waals surface area contributed by atoms with E-state index in [-0.39, 0.29) is 69.5 Å². The van der Waals surface area contributed by atoms with Crippen LogP contribution in [0.3, 0.4) is 0 Å². The van der Waals surface area contributed by atoms with Gasteiger partial charge in [0.05, 0.1) is 12.6 Å². The summed E-state index contributed by atoms with van der Waals surface area (Å²) < 4.78 is 0. The Hall–Kier alpha value is -6.40. The first-order chi connectivity index (χ1) is 38.9. The minimum Gasteiger partial charge on any atom is -0.394 e. The lowest BCUT2D eigenvalue weighted by atomic mass is 9.94. The largest absolute Gasteiger partial charge is 0.394 e. The molecule has 2 aliphatic rings. The van der Waals surface area contributed by atoms with Crippen molar-refractivity contribution in [2.45, 2.75) is 253 Å². The maximum absolute atomic E-state index is 14.5. The van der Waals surface area contributed by atoms with Crippen LogP contribution in [-0.4, -0.2) is 170 Å². The standard InChI is InChI=1S/C59H104N12O13/c1-18-35(10)45(51(79)62-40(30-33(6)7)48(76)68-57(13,14)55(83)70-27-21-23-41(70)49(77)61-38(31-72)29-32(4)5)66-50(78)42-24-22-28-71(42)56(84)58(15,16)69-53(81)44(34(8)9)64-52(80)46(36(11)19-2)65-47(75)39(25-26-43(60)74)63-54(82)59(17,20-3)67-37(12)73/h32-36,38-42,44-46,72H,18-31H2,1-17H3,(H2,60,74)(H,61,77)(H,62,79)(H,63,82)(H,64,80)(H,65,75)(H,66,78)(H,67,73)(H,68,76)(H,69,81). The minimum absolute atomic E-state index is 0.111. The maximum atomic E-state index is 14.5. The molecular formula is C59H104N12O13. The monoisotopic (exact) mass is 1190 g/mol. The molecule has 0 radical (unpaired) electrons. The zero-order chi connectivity index (χ0) is 64.4. The smallest absolute Gasteiger partial charge is 0.248 e. The number of amides is 12. The molecule has 11 atom stereocenters. The van der Waals surface area contributed by atoms with Gasteiger partial charge in [0.2, 0.25) is 70.9 Å².